The van der Waals surface area contributed by atoms with E-state index in [4.69, 9.17) is 17.3 Å². The van der Waals surface area contributed by atoms with Crippen molar-refractivity contribution < 1.29 is 4.79 Å². The van der Waals surface area contributed by atoms with E-state index in [0.717, 1.165) is 0 Å². The molecular formula is C8H13ClN6O. The van der Waals surface area contributed by atoms with Gasteiger partial charge in [0.15, 0.2) is 0 Å². The summed E-state index contributed by atoms with van der Waals surface area (Å²) in [4.78, 5) is 24.0. The van der Waals surface area contributed by atoms with Gasteiger partial charge in [0.05, 0.1) is 0 Å². The molecule has 1 aromatic heterocycles. The highest BCUT2D eigenvalue weighted by Crippen LogP contribution is 2.13. The molecule has 7 nitrogen and oxygen atoms in total. The normalized spacial score (nSPS) is 9.94. The van der Waals surface area contributed by atoms with E-state index in [-0.39, 0.29) is 11.2 Å². The number of hydrogen-bond donors (Lipinski definition) is 2. The van der Waals surface area contributed by atoms with Gasteiger partial charge in [0.1, 0.15) is 0 Å². The van der Waals surface area contributed by atoms with Crippen LogP contribution in [0.15, 0.2) is 0 Å². The van der Waals surface area contributed by atoms with Crippen LogP contribution >= 0.6 is 11.6 Å². The molecule has 16 heavy (non-hydrogen) atoms. The summed E-state index contributed by atoms with van der Waals surface area (Å²) in [6, 6.07) is -0.632. The maximum Gasteiger partial charge on any atom is 0.321 e. The van der Waals surface area contributed by atoms with Crippen molar-refractivity contribution in [1.29, 1.82) is 0 Å². The smallest absolute Gasteiger partial charge is 0.321 e. The second-order valence-corrected chi connectivity index (χ2v) is 3.18. The number of primary amides is 1. The second kappa shape index (κ2) is 5.45. The molecule has 2 amide bonds. The monoisotopic (exact) mass is 244 g/mol. The summed E-state index contributed by atoms with van der Waals surface area (Å²) in [5.74, 6) is 0.461. The molecule has 0 aliphatic heterocycles. The van der Waals surface area contributed by atoms with Gasteiger partial charge < -0.3 is 11.1 Å². The summed E-state index contributed by atoms with van der Waals surface area (Å²) in [7, 11) is 0. The fourth-order valence-corrected chi connectivity index (χ4v) is 1.25. The van der Waals surface area contributed by atoms with Gasteiger partial charge in [-0.15, -0.1) is 0 Å². The maximum atomic E-state index is 11.1. The summed E-state index contributed by atoms with van der Waals surface area (Å²) in [6.07, 6.45) is 0. The lowest BCUT2D eigenvalue weighted by molar-refractivity contribution is 0.254. The highest BCUT2D eigenvalue weighted by molar-refractivity contribution is 6.28. The van der Waals surface area contributed by atoms with E-state index in [9.17, 15) is 4.79 Å². The van der Waals surface area contributed by atoms with E-state index >= 15 is 0 Å². The molecule has 0 aromatic carbocycles. The zero-order chi connectivity index (χ0) is 12.1. The number of nitrogens with one attached hydrogen (secondary N) is 1. The molecule has 0 bridgehead atoms. The highest BCUT2D eigenvalue weighted by Gasteiger charge is 2.15. The van der Waals surface area contributed by atoms with Crippen molar-refractivity contribution in [2.75, 3.05) is 23.3 Å². The molecule has 8 heteroatoms. The van der Waals surface area contributed by atoms with Crippen LogP contribution in [0.25, 0.3) is 0 Å². The maximum absolute atomic E-state index is 11.1. The Morgan fingerprint density at radius 2 is 2.12 bits per heavy atom. The lowest BCUT2D eigenvalue weighted by atomic mass is 10.6. The molecule has 88 valence electrons. The van der Waals surface area contributed by atoms with Crippen LogP contribution in [0.5, 0.6) is 0 Å². The average molecular weight is 245 g/mol. The summed E-state index contributed by atoms with van der Waals surface area (Å²) >= 11 is 5.71. The van der Waals surface area contributed by atoms with Crippen LogP contribution in [0.2, 0.25) is 5.28 Å². The fraction of sp³-hybridized carbons (Fsp3) is 0.500. The number of amides is 2. The first-order valence-electron chi connectivity index (χ1n) is 4.80. The first-order chi connectivity index (χ1) is 7.58. The third-order valence-corrected chi connectivity index (χ3v) is 1.92. The van der Waals surface area contributed by atoms with Crippen LogP contribution < -0.4 is 16.0 Å². The van der Waals surface area contributed by atoms with E-state index in [1.165, 1.54) is 4.90 Å². The highest BCUT2D eigenvalue weighted by atomic mass is 35.5. The number of halogens is 1. The van der Waals surface area contributed by atoms with Gasteiger partial charge in [-0.05, 0) is 25.4 Å². The Hall–Kier alpha value is -1.63. The van der Waals surface area contributed by atoms with Crippen molar-refractivity contribution in [2.24, 2.45) is 5.73 Å². The van der Waals surface area contributed by atoms with Gasteiger partial charge in [-0.1, -0.05) is 0 Å². The van der Waals surface area contributed by atoms with Crippen LogP contribution in [0.3, 0.4) is 0 Å². The van der Waals surface area contributed by atoms with Gasteiger partial charge in [0.25, 0.3) is 0 Å². The lowest BCUT2D eigenvalue weighted by Crippen LogP contribution is -2.37. The number of carbonyl (C=O) groups is 1. The molecule has 0 aliphatic rings. The number of urea groups is 1. The molecule has 1 aromatic rings. The van der Waals surface area contributed by atoms with Crippen LogP contribution in [0.4, 0.5) is 16.7 Å². The van der Waals surface area contributed by atoms with Gasteiger partial charge in [0.2, 0.25) is 17.2 Å². The Morgan fingerprint density at radius 1 is 1.44 bits per heavy atom. The number of aromatic nitrogens is 3. The molecule has 0 atom stereocenters. The molecule has 0 aliphatic carbocycles. The summed E-state index contributed by atoms with van der Waals surface area (Å²) < 4.78 is 0. The van der Waals surface area contributed by atoms with E-state index in [1.807, 2.05) is 6.92 Å². The van der Waals surface area contributed by atoms with Gasteiger partial charge in [0, 0.05) is 13.1 Å². The van der Waals surface area contributed by atoms with E-state index in [0.29, 0.717) is 19.0 Å². The van der Waals surface area contributed by atoms with Crippen LogP contribution in [0.1, 0.15) is 13.8 Å². The largest absolute Gasteiger partial charge is 0.354 e. The predicted octanol–water partition coefficient (Wildman–Crippen LogP) is 0.862. The van der Waals surface area contributed by atoms with E-state index in [1.54, 1.807) is 6.92 Å². The Labute approximate surface area is 98.0 Å². The molecule has 0 saturated heterocycles. The minimum Gasteiger partial charge on any atom is -0.354 e. The molecule has 0 fully saturated rings. The molecular weight excluding hydrogens is 232 g/mol. The molecule has 0 unspecified atom stereocenters. The summed E-state index contributed by atoms with van der Waals surface area (Å²) in [6.45, 7) is 4.65. The third kappa shape index (κ3) is 2.93. The molecule has 0 radical (unpaired) electrons. The topological polar surface area (TPSA) is 97.0 Å². The van der Waals surface area contributed by atoms with E-state index in [2.05, 4.69) is 20.3 Å². The van der Waals surface area contributed by atoms with Crippen LogP contribution in [-0.2, 0) is 0 Å². The van der Waals surface area contributed by atoms with Crippen LogP contribution in [0, 0.1) is 0 Å². The molecule has 0 spiro atoms. The average Bonchev–Trinajstić information content (AvgIpc) is 2.17. The van der Waals surface area contributed by atoms with Gasteiger partial charge in [-0.2, -0.15) is 15.0 Å². The van der Waals surface area contributed by atoms with Crippen molar-refractivity contribution in [3.05, 3.63) is 5.28 Å². The van der Waals surface area contributed by atoms with E-state index < -0.39 is 6.03 Å². The number of hydrogen-bond acceptors (Lipinski definition) is 5. The van der Waals surface area contributed by atoms with Crippen molar-refractivity contribution >= 4 is 29.5 Å². The Kier molecular flexibility index (Phi) is 4.24. The standard InChI is InChI=1S/C8H13ClN6O/c1-3-11-7-12-5(9)13-8(14-7)15(4-2)6(10)16/h3-4H2,1-2H3,(H2,10,16)(H,11,12,13,14). The third-order valence-electron chi connectivity index (χ3n) is 1.75. The Balaban J connectivity index is 3.07. The SMILES string of the molecule is CCNc1nc(Cl)nc(N(CC)C(N)=O)n1. The molecule has 0 saturated carbocycles. The molecule has 3 N–H and O–H groups in total. The van der Waals surface area contributed by atoms with Crippen molar-refractivity contribution in [3.8, 4) is 0 Å². The Bertz CT molecular complexity index is 385. The quantitative estimate of drug-likeness (QED) is 0.819. The van der Waals surface area contributed by atoms with Gasteiger partial charge >= 0.3 is 6.03 Å². The number of carbonyl (C=O) groups excluding carboxylic acids is 1. The van der Waals surface area contributed by atoms with Crippen molar-refractivity contribution in [1.82, 2.24) is 15.0 Å². The number of nitrogens with zero attached hydrogens (tertiary/aromatic N) is 4. The van der Waals surface area contributed by atoms with Crippen molar-refractivity contribution in [2.45, 2.75) is 13.8 Å². The van der Waals surface area contributed by atoms with Crippen LogP contribution in [-0.4, -0.2) is 34.1 Å². The molecule has 1 rings (SSSR count). The summed E-state index contributed by atoms with van der Waals surface area (Å²) in [5.41, 5.74) is 5.18. The number of rotatable bonds is 4. The Morgan fingerprint density at radius 3 is 2.62 bits per heavy atom. The van der Waals surface area contributed by atoms with Crippen molar-refractivity contribution in [3.63, 3.8) is 0 Å². The zero-order valence-electron chi connectivity index (χ0n) is 9.07. The second-order valence-electron chi connectivity index (χ2n) is 2.84. The predicted molar refractivity (Wildman–Crippen MR) is 61.6 cm³/mol. The number of anilines is 2. The van der Waals surface area contributed by atoms with Gasteiger partial charge in [-0.3, -0.25) is 4.90 Å². The summed E-state index contributed by atoms with van der Waals surface area (Å²) in [5, 5.41) is 2.90. The minimum atomic E-state index is -0.632. The first kappa shape index (κ1) is 12.4. The first-order valence-corrected chi connectivity index (χ1v) is 5.18. The van der Waals surface area contributed by atoms with Gasteiger partial charge in [-0.25, -0.2) is 4.79 Å². The fourth-order valence-electron chi connectivity index (χ4n) is 1.09. The zero-order valence-corrected chi connectivity index (χ0v) is 9.82. The lowest BCUT2D eigenvalue weighted by Gasteiger charge is -2.16. The number of nitrogens with two attached hydrogens (primary N) is 1. The minimum absolute atomic E-state index is 0.0145. The molecule has 1 heterocycles.